The second-order valence-electron chi connectivity index (χ2n) is 6.91. The molecule has 1 aliphatic heterocycles. The van der Waals surface area contributed by atoms with Gasteiger partial charge in [-0.2, -0.15) is 4.98 Å². The number of hydrogen-bond donors (Lipinski definition) is 1. The van der Waals surface area contributed by atoms with Gasteiger partial charge in [-0.1, -0.05) is 17.7 Å². The lowest BCUT2D eigenvalue weighted by atomic mass is 10.2. The van der Waals surface area contributed by atoms with E-state index in [0.29, 0.717) is 28.8 Å². The molecule has 1 aromatic heterocycles. The number of aromatic nitrogens is 2. The molecule has 2 heterocycles. The van der Waals surface area contributed by atoms with Crippen LogP contribution in [0.5, 0.6) is 5.75 Å². The molecule has 0 saturated carbocycles. The topological polar surface area (TPSA) is 117 Å². The van der Waals surface area contributed by atoms with Crippen molar-refractivity contribution in [2.75, 3.05) is 36.8 Å². The van der Waals surface area contributed by atoms with Crippen molar-refractivity contribution in [3.63, 3.8) is 0 Å². The fourth-order valence-corrected chi connectivity index (χ4v) is 3.74. The second-order valence-corrected chi connectivity index (χ2v) is 7.32. The zero-order valence-corrected chi connectivity index (χ0v) is 18.1. The number of hydrogen-bond acceptors (Lipinski definition) is 9. The van der Waals surface area contributed by atoms with Crippen molar-refractivity contribution in [1.82, 2.24) is 9.97 Å². The third-order valence-electron chi connectivity index (χ3n) is 4.99. The summed E-state index contributed by atoms with van der Waals surface area (Å²) in [6.45, 7) is 2.46. The molecule has 3 rings (SSSR count). The van der Waals surface area contributed by atoms with E-state index in [1.807, 2.05) is 4.90 Å². The van der Waals surface area contributed by atoms with Crippen LogP contribution in [0.25, 0.3) is 0 Å². The number of methoxy groups -OCH3 is 1. The number of nitroso groups, excluding NO2 is 1. The number of aliphatic hydroxyl groups is 1. The fraction of sp³-hybridized carbons (Fsp3) is 0.450. The molecular weight excluding hydrogens is 426 g/mol. The Morgan fingerprint density at radius 2 is 2.26 bits per heavy atom. The van der Waals surface area contributed by atoms with Gasteiger partial charge < -0.3 is 19.5 Å². The van der Waals surface area contributed by atoms with Gasteiger partial charge in [-0.15, -0.1) is 4.91 Å². The van der Waals surface area contributed by atoms with Gasteiger partial charge in [-0.25, -0.2) is 14.8 Å². The first-order valence-corrected chi connectivity index (χ1v) is 10.2. The molecule has 10 nitrogen and oxygen atoms in total. The first-order chi connectivity index (χ1) is 15.0. The molecule has 0 aliphatic carbocycles. The number of nitrogens with zero attached hydrogens (tertiary/aromatic N) is 5. The van der Waals surface area contributed by atoms with Crippen molar-refractivity contribution in [3.05, 3.63) is 45.5 Å². The Morgan fingerprint density at radius 1 is 1.45 bits per heavy atom. The lowest BCUT2D eigenvalue weighted by Gasteiger charge is -2.25. The molecule has 31 heavy (non-hydrogen) atoms. The van der Waals surface area contributed by atoms with Gasteiger partial charge in [0.15, 0.2) is 5.82 Å². The van der Waals surface area contributed by atoms with E-state index >= 15 is 0 Å². The largest absolute Gasteiger partial charge is 0.495 e. The van der Waals surface area contributed by atoms with Crippen LogP contribution in [0.15, 0.2) is 29.7 Å². The maximum Gasteiger partial charge on any atom is 0.343 e. The molecule has 1 atom stereocenters. The smallest absolute Gasteiger partial charge is 0.343 e. The monoisotopic (exact) mass is 449 g/mol. The van der Waals surface area contributed by atoms with Gasteiger partial charge in [0.2, 0.25) is 5.95 Å². The molecule has 11 heteroatoms. The molecule has 1 saturated heterocycles. The van der Waals surface area contributed by atoms with Crippen LogP contribution in [0, 0.1) is 4.91 Å². The molecule has 0 amide bonds. The second kappa shape index (κ2) is 10.4. The highest BCUT2D eigenvalue weighted by Gasteiger charge is 2.29. The number of esters is 1. The van der Waals surface area contributed by atoms with E-state index in [1.165, 1.54) is 13.3 Å². The Kier molecular flexibility index (Phi) is 7.59. The molecule has 0 radical (unpaired) electrons. The van der Waals surface area contributed by atoms with E-state index in [4.69, 9.17) is 21.1 Å². The molecule has 0 spiro atoms. The van der Waals surface area contributed by atoms with Crippen molar-refractivity contribution >= 4 is 29.3 Å². The summed E-state index contributed by atoms with van der Waals surface area (Å²) in [6.07, 6.45) is 3.00. The summed E-state index contributed by atoms with van der Waals surface area (Å²) in [5.74, 6) is 0.164. The third-order valence-corrected chi connectivity index (χ3v) is 5.28. The summed E-state index contributed by atoms with van der Waals surface area (Å²) in [6, 6.07) is 4.93. The van der Waals surface area contributed by atoms with Gasteiger partial charge in [-0.05, 0) is 37.5 Å². The Morgan fingerprint density at radius 3 is 2.90 bits per heavy atom. The van der Waals surface area contributed by atoms with Crippen LogP contribution in [0.1, 0.15) is 35.7 Å². The summed E-state index contributed by atoms with van der Waals surface area (Å²) in [7, 11) is 1.51. The average molecular weight is 450 g/mol. The van der Waals surface area contributed by atoms with Gasteiger partial charge in [-0.3, -0.25) is 0 Å². The molecule has 2 aromatic rings. The van der Waals surface area contributed by atoms with E-state index in [1.54, 1.807) is 25.1 Å². The number of rotatable bonds is 9. The van der Waals surface area contributed by atoms with Crippen molar-refractivity contribution in [2.45, 2.75) is 32.4 Å². The first-order valence-electron chi connectivity index (χ1n) is 9.87. The molecule has 166 valence electrons. The summed E-state index contributed by atoms with van der Waals surface area (Å²) in [4.78, 5) is 34.8. The minimum Gasteiger partial charge on any atom is -0.495 e. The Hall–Kier alpha value is -2.98. The van der Waals surface area contributed by atoms with Crippen molar-refractivity contribution in [2.24, 2.45) is 5.29 Å². The molecular formula is C20H24ClN5O5. The molecule has 0 bridgehead atoms. The number of halogens is 1. The SMILES string of the molecule is CCOC(=O)c1cnc(N2CCC[C@H]2CO)nc1N(Cc1ccc(OC)c(Cl)c1)N=O. The zero-order chi connectivity index (χ0) is 22.4. The number of carbonyl (C=O) groups excluding carboxylic acids is 1. The number of aliphatic hydroxyl groups excluding tert-OH is 1. The van der Waals surface area contributed by atoms with Gasteiger partial charge in [0.25, 0.3) is 0 Å². The van der Waals surface area contributed by atoms with Gasteiger partial charge in [0.05, 0.1) is 43.2 Å². The van der Waals surface area contributed by atoms with Crippen molar-refractivity contribution in [1.29, 1.82) is 0 Å². The standard InChI is InChI=1S/C20H24ClN5O5/c1-3-31-19(28)15-10-22-20(25-8-4-5-14(25)12-27)23-18(15)26(24-29)11-13-6-7-17(30-2)16(21)9-13/h6-7,9-10,14,27H,3-5,8,11-12H2,1-2H3/t14-/m0/s1. The predicted octanol–water partition coefficient (Wildman–Crippen LogP) is 2.96. The average Bonchev–Trinajstić information content (AvgIpc) is 3.26. The minimum atomic E-state index is -0.661. The minimum absolute atomic E-state index is 0.0134. The lowest BCUT2D eigenvalue weighted by molar-refractivity contribution is 0.0526. The van der Waals surface area contributed by atoms with Crippen LogP contribution < -0.4 is 14.6 Å². The van der Waals surface area contributed by atoms with E-state index in [2.05, 4.69) is 15.3 Å². The zero-order valence-electron chi connectivity index (χ0n) is 17.3. The normalized spacial score (nSPS) is 15.6. The van der Waals surface area contributed by atoms with Gasteiger partial charge in [0, 0.05) is 12.7 Å². The summed E-state index contributed by atoms with van der Waals surface area (Å²) in [5.41, 5.74) is 0.680. The van der Waals surface area contributed by atoms with E-state index < -0.39 is 5.97 Å². The van der Waals surface area contributed by atoms with Crippen LogP contribution in [0.3, 0.4) is 0 Å². The van der Waals surface area contributed by atoms with E-state index in [9.17, 15) is 14.8 Å². The summed E-state index contributed by atoms with van der Waals surface area (Å²) in [5, 5.41) is 14.1. The number of anilines is 2. The van der Waals surface area contributed by atoms with Crippen molar-refractivity contribution in [3.8, 4) is 5.75 Å². The summed E-state index contributed by atoms with van der Waals surface area (Å²) >= 11 is 6.19. The fourth-order valence-electron chi connectivity index (χ4n) is 3.46. The maximum absolute atomic E-state index is 12.5. The van der Waals surface area contributed by atoms with Crippen molar-refractivity contribution < 1.29 is 19.4 Å². The first kappa shape index (κ1) is 22.7. The highest BCUT2D eigenvalue weighted by atomic mass is 35.5. The molecule has 1 aliphatic rings. The maximum atomic E-state index is 12.5. The van der Waals surface area contributed by atoms with Gasteiger partial charge >= 0.3 is 5.97 Å². The molecule has 1 aromatic carbocycles. The lowest BCUT2D eigenvalue weighted by Crippen LogP contribution is -2.34. The Bertz CT molecular complexity index is 944. The number of ether oxygens (including phenoxy) is 2. The molecule has 1 N–H and O–H groups in total. The Labute approximate surface area is 184 Å². The van der Waals surface area contributed by atoms with E-state index in [0.717, 1.165) is 17.9 Å². The Balaban J connectivity index is 1.99. The van der Waals surface area contributed by atoms with Crippen LogP contribution in [-0.2, 0) is 11.3 Å². The summed E-state index contributed by atoms with van der Waals surface area (Å²) < 4.78 is 10.2. The van der Waals surface area contributed by atoms with Crippen LogP contribution >= 0.6 is 11.6 Å². The number of carbonyl (C=O) groups is 1. The highest BCUT2D eigenvalue weighted by molar-refractivity contribution is 6.32. The van der Waals surface area contributed by atoms with E-state index in [-0.39, 0.29) is 37.2 Å². The van der Waals surface area contributed by atoms with Crippen LogP contribution in [-0.4, -0.2) is 54.0 Å². The third kappa shape index (κ3) is 5.02. The highest BCUT2D eigenvalue weighted by Crippen LogP contribution is 2.29. The van der Waals surface area contributed by atoms with Gasteiger partial charge in [0.1, 0.15) is 11.3 Å². The quantitative estimate of drug-likeness (QED) is 0.350. The van der Waals surface area contributed by atoms with Crippen LogP contribution in [0.2, 0.25) is 5.02 Å². The predicted molar refractivity (Wildman–Crippen MR) is 115 cm³/mol. The molecule has 1 fully saturated rings. The van der Waals surface area contributed by atoms with Crippen LogP contribution in [0.4, 0.5) is 11.8 Å². The molecule has 0 unspecified atom stereocenters. The number of benzene rings is 1.